The number of benzene rings is 2. The third-order valence-electron chi connectivity index (χ3n) is 9.51. The molecule has 50 heavy (non-hydrogen) atoms. The van der Waals surface area contributed by atoms with Gasteiger partial charge in [0.15, 0.2) is 0 Å². The van der Waals surface area contributed by atoms with Crippen LogP contribution < -0.4 is 21.7 Å². The number of carbonyl (C=O) groups is 4. The average molecular weight is 727 g/mol. The van der Waals surface area contributed by atoms with Crippen molar-refractivity contribution in [3.63, 3.8) is 0 Å². The Kier molecular flexibility index (Phi) is 11.4. The lowest BCUT2D eigenvalue weighted by Crippen LogP contribution is -2.65. The maximum Gasteiger partial charge on any atom is 0.408 e. The normalized spacial score (nSPS) is 18.0. The molecule has 5 atom stereocenters. The number of amides is 4. The Balaban J connectivity index is 1.49. The van der Waals surface area contributed by atoms with Crippen molar-refractivity contribution in [2.24, 2.45) is 17.6 Å². The van der Waals surface area contributed by atoms with Crippen LogP contribution in [0, 0.1) is 11.8 Å². The lowest BCUT2D eigenvalue weighted by molar-refractivity contribution is -0.136. The Morgan fingerprint density at radius 1 is 1.06 bits per heavy atom. The molecule has 0 bridgehead atoms. The molecule has 0 saturated heterocycles. The fraction of sp³-hybridized carbons (Fsp3) is 0.429. The van der Waals surface area contributed by atoms with Crippen LogP contribution in [0.4, 0.5) is 4.79 Å². The summed E-state index contributed by atoms with van der Waals surface area (Å²) in [4.78, 5) is 61.2. The highest BCUT2D eigenvalue weighted by Crippen LogP contribution is 2.39. The number of rotatable bonds is 13. The second-order valence-corrected chi connectivity index (χ2v) is 13.7. The number of nitrogens with zero attached hydrogens (tertiary/aromatic N) is 2. The molecule has 0 radical (unpaired) electrons. The SMILES string of the molecule is CCC(C)C(NC(=O)OCc1ccccc1)C(=O)N[C@@]1(C(=O)N[C@H](c2nc(C(N)=O)no2)[C@@H](C)CC)CCc2[nH]c3c(Cl)cc(Cl)cc3c2C1. The minimum absolute atomic E-state index is 0.00504. The summed E-state index contributed by atoms with van der Waals surface area (Å²) in [5.74, 6) is -2.79. The monoisotopic (exact) mass is 725 g/mol. The molecule has 1 aliphatic carbocycles. The van der Waals surface area contributed by atoms with Crippen molar-refractivity contribution in [2.45, 2.75) is 84.0 Å². The zero-order chi connectivity index (χ0) is 36.2. The number of carbonyl (C=O) groups excluding carboxylic acids is 4. The molecule has 2 unspecified atom stereocenters. The topological polar surface area (TPSA) is 194 Å². The van der Waals surface area contributed by atoms with Crippen LogP contribution in [-0.4, -0.2) is 50.5 Å². The second kappa shape index (κ2) is 15.5. The van der Waals surface area contributed by atoms with Crippen LogP contribution in [0.2, 0.25) is 10.0 Å². The number of hydrogen-bond donors (Lipinski definition) is 5. The summed E-state index contributed by atoms with van der Waals surface area (Å²) >= 11 is 12.9. The molecule has 266 valence electrons. The summed E-state index contributed by atoms with van der Waals surface area (Å²) < 4.78 is 10.8. The first kappa shape index (κ1) is 36.7. The van der Waals surface area contributed by atoms with Gasteiger partial charge in [-0.2, -0.15) is 4.98 Å². The summed E-state index contributed by atoms with van der Waals surface area (Å²) in [7, 11) is 0. The summed E-state index contributed by atoms with van der Waals surface area (Å²) in [6.07, 6.45) is 1.05. The molecule has 4 aromatic rings. The molecule has 4 amide bonds. The van der Waals surface area contributed by atoms with Gasteiger partial charge in [-0.25, -0.2) is 4.79 Å². The summed E-state index contributed by atoms with van der Waals surface area (Å²) in [5.41, 5.74) is 6.96. The third kappa shape index (κ3) is 7.89. The predicted octanol–water partition coefficient (Wildman–Crippen LogP) is 5.55. The van der Waals surface area contributed by atoms with Crippen LogP contribution in [0.25, 0.3) is 10.9 Å². The van der Waals surface area contributed by atoms with E-state index in [9.17, 15) is 19.2 Å². The Labute approximate surface area is 299 Å². The van der Waals surface area contributed by atoms with Crippen LogP contribution in [0.15, 0.2) is 47.0 Å². The van der Waals surface area contributed by atoms with Crippen LogP contribution in [-0.2, 0) is 33.8 Å². The Morgan fingerprint density at radius 3 is 2.44 bits per heavy atom. The Bertz CT molecular complexity index is 1880. The van der Waals surface area contributed by atoms with Gasteiger partial charge in [0.05, 0.1) is 10.5 Å². The number of ether oxygens (including phenoxy) is 1. The number of nitrogens with two attached hydrogens (primary N) is 1. The minimum atomic E-state index is -1.51. The average Bonchev–Trinajstić information content (AvgIpc) is 3.74. The van der Waals surface area contributed by atoms with E-state index < -0.39 is 41.4 Å². The summed E-state index contributed by atoms with van der Waals surface area (Å²) in [6, 6.07) is 10.7. The maximum atomic E-state index is 14.7. The highest BCUT2D eigenvalue weighted by atomic mass is 35.5. The lowest BCUT2D eigenvalue weighted by Gasteiger charge is -2.39. The van der Waals surface area contributed by atoms with Crippen molar-refractivity contribution in [3.05, 3.63) is 81.0 Å². The van der Waals surface area contributed by atoms with E-state index in [2.05, 4.69) is 31.1 Å². The first-order valence-corrected chi connectivity index (χ1v) is 17.3. The zero-order valence-corrected chi connectivity index (χ0v) is 29.8. The number of fused-ring (bicyclic) bond motifs is 3. The zero-order valence-electron chi connectivity index (χ0n) is 28.3. The van der Waals surface area contributed by atoms with Crippen molar-refractivity contribution in [2.75, 3.05) is 0 Å². The van der Waals surface area contributed by atoms with Crippen LogP contribution >= 0.6 is 23.2 Å². The molecule has 0 fully saturated rings. The van der Waals surface area contributed by atoms with Gasteiger partial charge < -0.3 is 35.9 Å². The van der Waals surface area contributed by atoms with Crippen molar-refractivity contribution in [3.8, 4) is 0 Å². The molecular formula is C35H41Cl2N7O6. The molecule has 0 spiro atoms. The molecule has 2 heterocycles. The van der Waals surface area contributed by atoms with Gasteiger partial charge in [0.2, 0.25) is 17.7 Å². The molecule has 0 saturated carbocycles. The van der Waals surface area contributed by atoms with E-state index >= 15 is 0 Å². The van der Waals surface area contributed by atoms with Crippen LogP contribution in [0.5, 0.6) is 0 Å². The van der Waals surface area contributed by atoms with E-state index in [1.165, 1.54) is 0 Å². The molecule has 0 aliphatic heterocycles. The highest BCUT2D eigenvalue weighted by molar-refractivity contribution is 6.38. The molecule has 2 aromatic carbocycles. The third-order valence-corrected chi connectivity index (χ3v) is 10.0. The van der Waals surface area contributed by atoms with Crippen molar-refractivity contribution < 1.29 is 28.4 Å². The first-order chi connectivity index (χ1) is 23.8. The standard InChI is InChI=1S/C35H41Cl2N7O6/c1-5-18(3)26(41-34(48)49-17-20-10-8-7-9-11-20)31(46)43-35(13-12-25-23(16-35)22-14-21(36)15-24(37)28(22)39-25)33(47)40-27(19(4)6-2)32-42-30(29(38)45)44-50-32/h7-11,14-15,18-19,26-27,39H,5-6,12-13,16-17H2,1-4H3,(H2,38,45)(H,40,47)(H,41,48)(H,43,46)/t18?,19-,26?,27-,35-/m0/s1. The number of aromatic amines is 1. The number of primary amides is 1. The van der Waals surface area contributed by atoms with E-state index in [4.69, 9.17) is 38.2 Å². The highest BCUT2D eigenvalue weighted by Gasteiger charge is 2.47. The molecule has 15 heteroatoms. The van der Waals surface area contributed by atoms with Gasteiger partial charge in [-0.1, -0.05) is 99.2 Å². The number of aryl methyl sites for hydroxylation is 1. The fourth-order valence-electron chi connectivity index (χ4n) is 6.16. The van der Waals surface area contributed by atoms with E-state index in [1.807, 2.05) is 58.0 Å². The van der Waals surface area contributed by atoms with Crippen LogP contribution in [0.1, 0.15) is 86.3 Å². The fourth-order valence-corrected chi connectivity index (χ4v) is 6.70. The number of halogens is 2. The smallest absolute Gasteiger partial charge is 0.408 e. The van der Waals surface area contributed by atoms with E-state index in [1.54, 1.807) is 12.1 Å². The van der Waals surface area contributed by atoms with Gasteiger partial charge in [-0.3, -0.25) is 14.4 Å². The predicted molar refractivity (Wildman–Crippen MR) is 187 cm³/mol. The van der Waals surface area contributed by atoms with E-state index in [-0.39, 0.29) is 43.0 Å². The van der Waals surface area contributed by atoms with Gasteiger partial charge >= 0.3 is 6.09 Å². The number of hydrogen-bond acceptors (Lipinski definition) is 8. The largest absolute Gasteiger partial charge is 0.445 e. The van der Waals surface area contributed by atoms with Gasteiger partial charge in [0, 0.05) is 22.5 Å². The Hall–Kier alpha value is -4.62. The maximum absolute atomic E-state index is 14.7. The van der Waals surface area contributed by atoms with E-state index in [0.717, 1.165) is 22.2 Å². The minimum Gasteiger partial charge on any atom is -0.445 e. The lowest BCUT2D eigenvalue weighted by atomic mass is 9.78. The molecule has 5 rings (SSSR count). The van der Waals surface area contributed by atoms with Crippen LogP contribution in [0.3, 0.4) is 0 Å². The van der Waals surface area contributed by atoms with Gasteiger partial charge in [0.1, 0.15) is 24.2 Å². The Morgan fingerprint density at radius 2 is 1.78 bits per heavy atom. The molecule has 2 aromatic heterocycles. The van der Waals surface area contributed by atoms with E-state index in [0.29, 0.717) is 34.8 Å². The van der Waals surface area contributed by atoms with Crippen molar-refractivity contribution in [1.82, 2.24) is 31.1 Å². The number of alkyl carbamates (subject to hydrolysis) is 1. The van der Waals surface area contributed by atoms with Crippen molar-refractivity contribution in [1.29, 1.82) is 0 Å². The molecular weight excluding hydrogens is 685 g/mol. The number of H-pyrrole nitrogens is 1. The van der Waals surface area contributed by atoms with Gasteiger partial charge in [0.25, 0.3) is 11.7 Å². The molecule has 6 N–H and O–H groups in total. The van der Waals surface area contributed by atoms with Gasteiger partial charge in [-0.15, -0.1) is 0 Å². The first-order valence-electron chi connectivity index (χ1n) is 16.6. The quantitative estimate of drug-likeness (QED) is 0.118. The second-order valence-electron chi connectivity index (χ2n) is 12.9. The number of nitrogens with one attached hydrogen (secondary N) is 4. The number of aromatic nitrogens is 3. The van der Waals surface area contributed by atoms with Crippen molar-refractivity contribution >= 4 is 57.9 Å². The summed E-state index contributed by atoms with van der Waals surface area (Å²) in [6.45, 7) is 7.57. The summed E-state index contributed by atoms with van der Waals surface area (Å²) in [5, 5.41) is 14.0. The molecule has 1 aliphatic rings. The van der Waals surface area contributed by atoms with Gasteiger partial charge in [-0.05, 0) is 47.9 Å². The molecule has 13 nitrogen and oxygen atoms in total.